The smallest absolute Gasteiger partial charge is 0.360 e. The van der Waals surface area contributed by atoms with Crippen molar-refractivity contribution in [2.45, 2.75) is 53.0 Å². The first-order chi connectivity index (χ1) is 9.11. The molecule has 106 valence electrons. The Morgan fingerprint density at radius 1 is 1.47 bits per heavy atom. The van der Waals surface area contributed by atoms with Crippen molar-refractivity contribution in [3.63, 3.8) is 0 Å². The van der Waals surface area contributed by atoms with Crippen LogP contribution in [-0.2, 0) is 17.7 Å². The quantitative estimate of drug-likeness (QED) is 0.711. The zero-order valence-electron chi connectivity index (χ0n) is 12.1. The minimum Gasteiger partial charge on any atom is -0.461 e. The zero-order chi connectivity index (χ0) is 13.8. The normalized spacial score (nSPS) is 14.9. The van der Waals surface area contributed by atoms with Crippen molar-refractivity contribution in [3.05, 3.63) is 11.4 Å². The molecule has 2 rings (SSSR count). The van der Waals surface area contributed by atoms with Gasteiger partial charge in [-0.15, -0.1) is 5.10 Å². The molecule has 0 amide bonds. The molecule has 0 bridgehead atoms. The van der Waals surface area contributed by atoms with E-state index >= 15 is 0 Å². The first-order valence-corrected chi connectivity index (χ1v) is 7.21. The summed E-state index contributed by atoms with van der Waals surface area (Å²) in [6.45, 7) is 7.30. The molecule has 1 aromatic heterocycles. The Labute approximate surface area is 114 Å². The maximum atomic E-state index is 11.9. The Morgan fingerprint density at radius 2 is 2.21 bits per heavy atom. The molecule has 0 spiro atoms. The van der Waals surface area contributed by atoms with Crippen LogP contribution < -0.4 is 0 Å². The summed E-state index contributed by atoms with van der Waals surface area (Å²) in [5, 5.41) is 8.16. The average Bonchev–Trinajstić information content (AvgIpc) is 3.09. The van der Waals surface area contributed by atoms with Crippen molar-refractivity contribution in [2.24, 2.45) is 11.8 Å². The van der Waals surface area contributed by atoms with Gasteiger partial charge < -0.3 is 4.74 Å². The van der Waals surface area contributed by atoms with Crippen LogP contribution in [0.3, 0.4) is 0 Å². The molecule has 1 saturated carbocycles. The fraction of sp³-hybridized carbons (Fsp3) is 0.786. The van der Waals surface area contributed by atoms with E-state index in [9.17, 15) is 4.79 Å². The lowest BCUT2D eigenvalue weighted by molar-refractivity contribution is 0.0517. The summed E-state index contributed by atoms with van der Waals surface area (Å²) < 4.78 is 6.94. The van der Waals surface area contributed by atoms with Crippen molar-refractivity contribution in [1.82, 2.24) is 15.0 Å². The number of rotatable bonds is 7. The van der Waals surface area contributed by atoms with Crippen LogP contribution in [0.5, 0.6) is 0 Å². The van der Waals surface area contributed by atoms with Crippen LogP contribution in [0.1, 0.15) is 56.2 Å². The van der Waals surface area contributed by atoms with E-state index in [-0.39, 0.29) is 5.97 Å². The topological polar surface area (TPSA) is 57.0 Å². The maximum absolute atomic E-state index is 11.9. The summed E-state index contributed by atoms with van der Waals surface area (Å²) in [7, 11) is 0. The van der Waals surface area contributed by atoms with E-state index in [0.29, 0.717) is 18.2 Å². The number of carbonyl (C=O) groups excluding carboxylic acids is 1. The molecule has 0 unspecified atom stereocenters. The highest BCUT2D eigenvalue weighted by atomic mass is 16.5. The molecule has 0 saturated heterocycles. The summed E-state index contributed by atoms with van der Waals surface area (Å²) in [6.07, 6.45) is 4.61. The van der Waals surface area contributed by atoms with Crippen molar-refractivity contribution in [2.75, 3.05) is 6.61 Å². The third-order valence-electron chi connectivity index (χ3n) is 3.35. The number of carbonyl (C=O) groups is 1. The second kappa shape index (κ2) is 6.17. The summed E-state index contributed by atoms with van der Waals surface area (Å²) in [4.78, 5) is 11.9. The largest absolute Gasteiger partial charge is 0.461 e. The van der Waals surface area contributed by atoms with Gasteiger partial charge in [-0.2, -0.15) is 0 Å². The van der Waals surface area contributed by atoms with E-state index in [1.54, 1.807) is 6.92 Å². The van der Waals surface area contributed by atoms with Gasteiger partial charge in [0.05, 0.1) is 12.3 Å². The van der Waals surface area contributed by atoms with Gasteiger partial charge in [0.2, 0.25) is 0 Å². The van der Waals surface area contributed by atoms with Crippen molar-refractivity contribution in [3.8, 4) is 0 Å². The molecule has 0 aromatic carbocycles. The Morgan fingerprint density at radius 3 is 2.79 bits per heavy atom. The highest BCUT2D eigenvalue weighted by Crippen LogP contribution is 2.32. The molecule has 0 aliphatic heterocycles. The van der Waals surface area contributed by atoms with Crippen LogP contribution in [-0.4, -0.2) is 27.6 Å². The monoisotopic (exact) mass is 265 g/mol. The Hall–Kier alpha value is -1.39. The van der Waals surface area contributed by atoms with E-state index in [4.69, 9.17) is 4.74 Å². The van der Waals surface area contributed by atoms with Crippen LogP contribution in [0.4, 0.5) is 0 Å². The fourth-order valence-corrected chi connectivity index (χ4v) is 2.17. The molecule has 1 aromatic rings. The molecule has 5 heteroatoms. The summed E-state index contributed by atoms with van der Waals surface area (Å²) in [6, 6.07) is 0. The molecular formula is C14H23N3O2. The SMILES string of the molecule is CCOC(=O)c1nnn(CCC2CC2)c1CC(C)C. The zero-order valence-corrected chi connectivity index (χ0v) is 12.1. The molecule has 0 atom stereocenters. The standard InChI is InChI=1S/C14H23N3O2/c1-4-19-14(18)13-12(9-10(2)3)17(16-15-13)8-7-11-5-6-11/h10-11H,4-9H2,1-3H3. The van der Waals surface area contributed by atoms with Crippen LogP contribution in [0, 0.1) is 11.8 Å². The molecule has 1 aliphatic rings. The van der Waals surface area contributed by atoms with Crippen LogP contribution in [0.2, 0.25) is 0 Å². The van der Waals surface area contributed by atoms with Crippen LogP contribution in [0.15, 0.2) is 0 Å². The molecule has 5 nitrogen and oxygen atoms in total. The van der Waals surface area contributed by atoms with E-state index in [1.165, 1.54) is 12.8 Å². The molecule has 1 fully saturated rings. The number of hydrogen-bond donors (Lipinski definition) is 0. The second-order valence-electron chi connectivity index (χ2n) is 5.66. The minimum absolute atomic E-state index is 0.351. The minimum atomic E-state index is -0.351. The molecule has 1 heterocycles. The Kier molecular flexibility index (Phi) is 4.56. The van der Waals surface area contributed by atoms with E-state index in [0.717, 1.165) is 31.0 Å². The predicted octanol–water partition coefficient (Wildman–Crippen LogP) is 2.45. The lowest BCUT2D eigenvalue weighted by Crippen LogP contribution is -2.13. The lowest BCUT2D eigenvalue weighted by Gasteiger charge is -2.09. The van der Waals surface area contributed by atoms with Crippen molar-refractivity contribution < 1.29 is 9.53 Å². The van der Waals surface area contributed by atoms with Gasteiger partial charge in [-0.1, -0.05) is 31.9 Å². The number of aryl methyl sites for hydroxylation is 1. The maximum Gasteiger partial charge on any atom is 0.360 e. The van der Waals surface area contributed by atoms with Crippen LogP contribution >= 0.6 is 0 Å². The number of esters is 1. The van der Waals surface area contributed by atoms with E-state index < -0.39 is 0 Å². The van der Waals surface area contributed by atoms with Crippen LogP contribution in [0.25, 0.3) is 0 Å². The van der Waals surface area contributed by atoms with E-state index in [2.05, 4.69) is 24.2 Å². The van der Waals surface area contributed by atoms with Crippen molar-refractivity contribution >= 4 is 5.97 Å². The molecule has 0 N–H and O–H groups in total. The lowest BCUT2D eigenvalue weighted by atomic mass is 10.1. The van der Waals surface area contributed by atoms with Gasteiger partial charge in [0.15, 0.2) is 5.69 Å². The summed E-state index contributed by atoms with van der Waals surface area (Å²) in [5.74, 6) is 0.962. The Balaban J connectivity index is 2.13. The van der Waals surface area contributed by atoms with Gasteiger partial charge >= 0.3 is 5.97 Å². The van der Waals surface area contributed by atoms with Gasteiger partial charge in [0, 0.05) is 6.54 Å². The van der Waals surface area contributed by atoms with Gasteiger partial charge in [0.25, 0.3) is 0 Å². The number of nitrogens with zero attached hydrogens (tertiary/aromatic N) is 3. The second-order valence-corrected chi connectivity index (χ2v) is 5.66. The van der Waals surface area contributed by atoms with Gasteiger partial charge in [-0.05, 0) is 31.6 Å². The number of aromatic nitrogens is 3. The van der Waals surface area contributed by atoms with Crippen molar-refractivity contribution in [1.29, 1.82) is 0 Å². The predicted molar refractivity (Wildman–Crippen MR) is 71.9 cm³/mol. The van der Waals surface area contributed by atoms with Gasteiger partial charge in [-0.25, -0.2) is 9.48 Å². The first kappa shape index (κ1) is 14.0. The molecule has 0 radical (unpaired) electrons. The summed E-state index contributed by atoms with van der Waals surface area (Å²) in [5.41, 5.74) is 1.32. The average molecular weight is 265 g/mol. The van der Waals surface area contributed by atoms with Gasteiger partial charge in [-0.3, -0.25) is 0 Å². The third kappa shape index (κ3) is 3.78. The highest BCUT2D eigenvalue weighted by Gasteiger charge is 2.24. The van der Waals surface area contributed by atoms with E-state index in [1.807, 2.05) is 4.68 Å². The van der Waals surface area contributed by atoms with Gasteiger partial charge in [0.1, 0.15) is 0 Å². The highest BCUT2D eigenvalue weighted by molar-refractivity contribution is 5.88. The third-order valence-corrected chi connectivity index (χ3v) is 3.35. The number of hydrogen-bond acceptors (Lipinski definition) is 4. The molecule has 19 heavy (non-hydrogen) atoms. The summed E-state index contributed by atoms with van der Waals surface area (Å²) >= 11 is 0. The molecule has 1 aliphatic carbocycles. The first-order valence-electron chi connectivity index (χ1n) is 7.21. The Bertz CT molecular complexity index is 436. The molecular weight excluding hydrogens is 242 g/mol. The fourth-order valence-electron chi connectivity index (χ4n) is 2.17. The number of ether oxygens (including phenoxy) is 1.